The van der Waals surface area contributed by atoms with Gasteiger partial charge in [-0.05, 0) is 31.9 Å². The molecule has 2 aliphatic rings. The quantitative estimate of drug-likeness (QED) is 0.907. The topological polar surface area (TPSA) is 75.0 Å². The van der Waals surface area contributed by atoms with Crippen LogP contribution in [0.15, 0.2) is 12.1 Å². The molecule has 0 saturated carbocycles. The summed E-state index contributed by atoms with van der Waals surface area (Å²) in [6.07, 6.45) is -5.34. The molecule has 3 rings (SSSR count). The Hall–Kier alpha value is -2.14. The number of nitrogens with zero attached hydrogens (tertiary/aromatic N) is 2. The average molecular weight is 325 g/mol. The van der Waals surface area contributed by atoms with Gasteiger partial charge in [0.05, 0.1) is 35.3 Å². The SMILES string of the molecule is Cc1nc(NC(=O)[C@H]2[C@H](C(F)(F)F)[C@H]3CC[C@H]2O3)ccc1C#N. The molecule has 0 unspecified atom stereocenters. The number of fused-ring (bicyclic) bond motifs is 2. The van der Waals surface area contributed by atoms with E-state index in [0.29, 0.717) is 24.1 Å². The van der Waals surface area contributed by atoms with Crippen molar-refractivity contribution in [2.24, 2.45) is 11.8 Å². The Bertz CT molecular complexity index is 684. The second-order valence-corrected chi connectivity index (χ2v) is 5.81. The van der Waals surface area contributed by atoms with Crippen molar-refractivity contribution >= 4 is 11.7 Å². The number of carbonyl (C=O) groups excluding carboxylic acids is 1. The molecule has 5 nitrogen and oxygen atoms in total. The number of aryl methyl sites for hydroxylation is 1. The number of carbonyl (C=O) groups is 1. The highest BCUT2D eigenvalue weighted by atomic mass is 19.4. The molecule has 0 spiro atoms. The highest BCUT2D eigenvalue weighted by Crippen LogP contribution is 2.50. The first kappa shape index (κ1) is 15.7. The van der Waals surface area contributed by atoms with E-state index in [1.165, 1.54) is 12.1 Å². The highest BCUT2D eigenvalue weighted by molar-refractivity contribution is 5.92. The fraction of sp³-hybridized carbons (Fsp3) is 0.533. The van der Waals surface area contributed by atoms with Gasteiger partial charge in [0.15, 0.2) is 0 Å². The summed E-state index contributed by atoms with van der Waals surface area (Å²) in [5.74, 6) is -3.64. The van der Waals surface area contributed by atoms with Gasteiger partial charge < -0.3 is 10.1 Å². The highest BCUT2D eigenvalue weighted by Gasteiger charge is 2.62. The van der Waals surface area contributed by atoms with Crippen molar-refractivity contribution in [1.29, 1.82) is 5.26 Å². The molecule has 1 amide bonds. The van der Waals surface area contributed by atoms with Gasteiger partial charge in [-0.15, -0.1) is 0 Å². The predicted molar refractivity (Wildman–Crippen MR) is 73.2 cm³/mol. The minimum absolute atomic E-state index is 0.134. The van der Waals surface area contributed by atoms with Crippen LogP contribution < -0.4 is 5.32 Å². The van der Waals surface area contributed by atoms with Gasteiger partial charge in [-0.2, -0.15) is 18.4 Å². The Labute approximate surface area is 130 Å². The van der Waals surface area contributed by atoms with E-state index < -0.39 is 36.1 Å². The van der Waals surface area contributed by atoms with Gasteiger partial charge >= 0.3 is 6.18 Å². The third-order valence-electron chi connectivity index (χ3n) is 4.41. The molecule has 4 atom stereocenters. The van der Waals surface area contributed by atoms with Crippen molar-refractivity contribution in [2.45, 2.75) is 38.1 Å². The maximum absolute atomic E-state index is 13.2. The summed E-state index contributed by atoms with van der Waals surface area (Å²) in [6.45, 7) is 1.59. The fourth-order valence-electron chi connectivity index (χ4n) is 3.38. The van der Waals surface area contributed by atoms with E-state index in [1.54, 1.807) is 6.92 Å². The first-order chi connectivity index (χ1) is 10.8. The van der Waals surface area contributed by atoms with Crippen LogP contribution in [0.3, 0.4) is 0 Å². The number of rotatable bonds is 2. The summed E-state index contributed by atoms with van der Waals surface area (Å²) in [4.78, 5) is 16.4. The van der Waals surface area contributed by atoms with Crippen LogP contribution in [-0.2, 0) is 9.53 Å². The van der Waals surface area contributed by atoms with Crippen molar-refractivity contribution in [3.05, 3.63) is 23.4 Å². The molecule has 23 heavy (non-hydrogen) atoms. The molecule has 1 N–H and O–H groups in total. The zero-order chi connectivity index (χ0) is 16.8. The molecule has 0 aliphatic carbocycles. The van der Waals surface area contributed by atoms with E-state index in [4.69, 9.17) is 10.00 Å². The number of amides is 1. The summed E-state index contributed by atoms with van der Waals surface area (Å²) in [6, 6.07) is 4.81. The number of nitriles is 1. The summed E-state index contributed by atoms with van der Waals surface area (Å²) in [5.41, 5.74) is 0.751. The average Bonchev–Trinajstić information content (AvgIpc) is 3.07. The van der Waals surface area contributed by atoms with Crippen LogP contribution in [0.5, 0.6) is 0 Å². The number of alkyl halides is 3. The lowest BCUT2D eigenvalue weighted by molar-refractivity contribution is -0.196. The number of anilines is 1. The zero-order valence-corrected chi connectivity index (χ0v) is 12.2. The number of hydrogen-bond donors (Lipinski definition) is 1. The summed E-state index contributed by atoms with van der Waals surface area (Å²) >= 11 is 0. The monoisotopic (exact) mass is 325 g/mol. The van der Waals surface area contributed by atoms with Gasteiger partial charge in [0.25, 0.3) is 0 Å². The summed E-state index contributed by atoms with van der Waals surface area (Å²) < 4.78 is 45.0. The lowest BCUT2D eigenvalue weighted by Gasteiger charge is -2.28. The summed E-state index contributed by atoms with van der Waals surface area (Å²) in [5, 5.41) is 11.3. The maximum atomic E-state index is 13.2. The van der Waals surface area contributed by atoms with Crippen LogP contribution >= 0.6 is 0 Å². The van der Waals surface area contributed by atoms with Crippen LogP contribution in [0, 0.1) is 30.1 Å². The van der Waals surface area contributed by atoms with Crippen molar-refractivity contribution < 1.29 is 22.7 Å². The maximum Gasteiger partial charge on any atom is 0.395 e. The minimum atomic E-state index is -4.48. The molecule has 0 aromatic carbocycles. The Morgan fingerprint density at radius 3 is 2.70 bits per heavy atom. The standard InChI is InChI=1S/C15H14F3N3O2/c1-7-8(6-19)2-5-11(20-7)21-14(22)12-9-3-4-10(23-9)13(12)15(16,17)18/h2,5,9-10,12-13H,3-4H2,1H3,(H,20,21,22)/t9-,10-,12-,13-/m1/s1. The van der Waals surface area contributed by atoms with Crippen LogP contribution in [0.25, 0.3) is 0 Å². The molecule has 122 valence electrons. The largest absolute Gasteiger partial charge is 0.395 e. The Morgan fingerprint density at radius 2 is 2.09 bits per heavy atom. The van der Waals surface area contributed by atoms with Gasteiger partial charge in [0.2, 0.25) is 5.91 Å². The van der Waals surface area contributed by atoms with E-state index >= 15 is 0 Å². The molecule has 2 aliphatic heterocycles. The molecular formula is C15H14F3N3O2. The zero-order valence-electron chi connectivity index (χ0n) is 12.2. The number of hydrogen-bond acceptors (Lipinski definition) is 4. The van der Waals surface area contributed by atoms with E-state index in [-0.39, 0.29) is 5.82 Å². The minimum Gasteiger partial charge on any atom is -0.373 e. The number of nitrogens with one attached hydrogen (secondary N) is 1. The first-order valence-corrected chi connectivity index (χ1v) is 7.22. The molecular weight excluding hydrogens is 311 g/mol. The molecule has 2 saturated heterocycles. The van der Waals surface area contributed by atoms with Gasteiger partial charge in [-0.25, -0.2) is 4.98 Å². The second kappa shape index (κ2) is 5.49. The van der Waals surface area contributed by atoms with Gasteiger partial charge in [-0.1, -0.05) is 0 Å². The number of halogens is 3. The Morgan fingerprint density at radius 1 is 1.39 bits per heavy atom. The van der Waals surface area contributed by atoms with Crippen molar-refractivity contribution in [3.63, 3.8) is 0 Å². The third kappa shape index (κ3) is 2.77. The predicted octanol–water partition coefficient (Wildman–Crippen LogP) is 2.56. The molecule has 8 heteroatoms. The van der Waals surface area contributed by atoms with Crippen LogP contribution in [0.2, 0.25) is 0 Å². The van der Waals surface area contributed by atoms with E-state index in [9.17, 15) is 18.0 Å². The van der Waals surface area contributed by atoms with E-state index in [1.807, 2.05) is 6.07 Å². The second-order valence-electron chi connectivity index (χ2n) is 5.81. The van der Waals surface area contributed by atoms with Crippen LogP contribution in [0.4, 0.5) is 19.0 Å². The lowest BCUT2D eigenvalue weighted by Crippen LogP contribution is -2.44. The number of aromatic nitrogens is 1. The third-order valence-corrected chi connectivity index (χ3v) is 4.41. The van der Waals surface area contributed by atoms with Crippen molar-refractivity contribution in [1.82, 2.24) is 4.98 Å². The first-order valence-electron chi connectivity index (χ1n) is 7.22. The molecule has 1 aromatic heterocycles. The van der Waals surface area contributed by atoms with Gasteiger partial charge in [0.1, 0.15) is 11.9 Å². The summed E-state index contributed by atoms with van der Waals surface area (Å²) in [7, 11) is 0. The van der Waals surface area contributed by atoms with Crippen molar-refractivity contribution in [3.8, 4) is 6.07 Å². The molecule has 1 aromatic rings. The fourth-order valence-corrected chi connectivity index (χ4v) is 3.38. The van der Waals surface area contributed by atoms with Gasteiger partial charge in [-0.3, -0.25) is 4.79 Å². The van der Waals surface area contributed by atoms with E-state index in [2.05, 4.69) is 10.3 Å². The molecule has 3 heterocycles. The molecule has 2 fully saturated rings. The lowest BCUT2D eigenvalue weighted by atomic mass is 9.78. The molecule has 0 radical (unpaired) electrons. The Kier molecular flexibility index (Phi) is 3.76. The smallest absolute Gasteiger partial charge is 0.373 e. The van der Waals surface area contributed by atoms with Gasteiger partial charge in [0, 0.05) is 0 Å². The van der Waals surface area contributed by atoms with Crippen molar-refractivity contribution in [2.75, 3.05) is 5.32 Å². The van der Waals surface area contributed by atoms with Crippen LogP contribution in [-0.4, -0.2) is 29.3 Å². The Balaban J connectivity index is 1.80. The van der Waals surface area contributed by atoms with Crippen LogP contribution in [0.1, 0.15) is 24.1 Å². The number of pyridine rings is 1. The normalized spacial score (nSPS) is 29.3. The van der Waals surface area contributed by atoms with E-state index in [0.717, 1.165) is 0 Å². The number of ether oxygens (including phenoxy) is 1. The molecule has 2 bridgehead atoms.